The minimum atomic E-state index is -4.65. The Balaban J connectivity index is 1.58. The van der Waals surface area contributed by atoms with E-state index in [0.717, 1.165) is 43.2 Å². The smallest absolute Gasteiger partial charge is 0.401 e. The summed E-state index contributed by atoms with van der Waals surface area (Å²) >= 11 is 0. The molecule has 0 N–H and O–H groups in total. The van der Waals surface area contributed by atoms with Crippen molar-refractivity contribution in [1.82, 2.24) is 0 Å². The van der Waals surface area contributed by atoms with Crippen LogP contribution in [0.25, 0.3) is 22.3 Å². The van der Waals surface area contributed by atoms with Gasteiger partial charge in [0.05, 0.1) is 12.7 Å². The van der Waals surface area contributed by atoms with Crippen molar-refractivity contribution in [1.29, 1.82) is 0 Å². The van der Waals surface area contributed by atoms with Crippen molar-refractivity contribution in [2.45, 2.75) is 70.8 Å². The van der Waals surface area contributed by atoms with E-state index in [0.29, 0.717) is 17.1 Å². The largest absolute Gasteiger partial charge is 0.496 e. The molecule has 1 heterocycles. The molecule has 2 aromatic carbocycles. The molecular weight excluding hydrogens is 497 g/mol. The van der Waals surface area contributed by atoms with Crippen molar-refractivity contribution in [2.75, 3.05) is 7.11 Å². The first-order chi connectivity index (χ1) is 18.1. The Labute approximate surface area is 220 Å². The number of carbonyl (C=O) groups is 1. The maximum Gasteiger partial charge on any atom is 0.401 e. The molecule has 3 atom stereocenters. The molecule has 3 unspecified atom stereocenters. The minimum absolute atomic E-state index is 0.0294. The van der Waals surface area contributed by atoms with Gasteiger partial charge in [-0.3, -0.25) is 0 Å². The van der Waals surface area contributed by atoms with Crippen molar-refractivity contribution in [3.8, 4) is 22.8 Å². The Bertz CT molecular complexity index is 1290. The molecule has 0 aliphatic heterocycles. The van der Waals surface area contributed by atoms with Gasteiger partial charge in [-0.15, -0.1) is 0 Å². The zero-order chi connectivity index (χ0) is 27.5. The summed E-state index contributed by atoms with van der Waals surface area (Å²) in [6, 6.07) is 12.9. The molecule has 0 saturated heterocycles. The molecule has 1 aliphatic rings. The average molecular weight is 531 g/mol. The Hall–Kier alpha value is -3.42. The van der Waals surface area contributed by atoms with Crippen molar-refractivity contribution in [2.24, 2.45) is 5.41 Å². The second-order valence-electron chi connectivity index (χ2n) is 9.90. The van der Waals surface area contributed by atoms with Crippen molar-refractivity contribution in [3.05, 3.63) is 60.7 Å². The summed E-state index contributed by atoms with van der Waals surface area (Å²) in [5.41, 5.74) is 0.0825. The van der Waals surface area contributed by atoms with Crippen LogP contribution >= 0.6 is 0 Å². The first kappa shape index (κ1) is 27.6. The predicted molar refractivity (Wildman–Crippen MR) is 139 cm³/mol. The summed E-state index contributed by atoms with van der Waals surface area (Å²) in [6.07, 6.45) is -1.89. The lowest BCUT2D eigenvalue weighted by atomic mass is 9.83. The number of halogens is 3. The van der Waals surface area contributed by atoms with Crippen LogP contribution in [-0.2, 0) is 16.0 Å². The van der Waals surface area contributed by atoms with E-state index in [-0.39, 0.29) is 18.6 Å². The van der Waals surface area contributed by atoms with Gasteiger partial charge >= 0.3 is 12.1 Å². The third-order valence-corrected chi connectivity index (χ3v) is 7.43. The first-order valence-electron chi connectivity index (χ1n) is 12.9. The van der Waals surface area contributed by atoms with Crippen LogP contribution in [0.5, 0.6) is 11.5 Å². The summed E-state index contributed by atoms with van der Waals surface area (Å²) in [4.78, 5) is 11.7. The predicted octanol–water partition coefficient (Wildman–Crippen LogP) is 8.05. The fraction of sp³-hybridized carbons (Fsp3) is 0.433. The molecule has 0 radical (unpaired) electrons. The number of carbonyl (C=O) groups excluding carboxylic acids is 1. The van der Waals surface area contributed by atoms with Gasteiger partial charge in [0.1, 0.15) is 40.5 Å². The van der Waals surface area contributed by atoms with E-state index >= 15 is 0 Å². The highest BCUT2D eigenvalue weighted by Gasteiger charge is 2.66. The van der Waals surface area contributed by atoms with E-state index < -0.39 is 29.8 Å². The molecule has 1 aliphatic carbocycles. The van der Waals surface area contributed by atoms with Gasteiger partial charge in [0, 0.05) is 17.5 Å². The highest BCUT2D eigenvalue weighted by molar-refractivity contribution is 5.85. The first-order valence-corrected chi connectivity index (χ1v) is 12.9. The van der Waals surface area contributed by atoms with Gasteiger partial charge in [-0.1, -0.05) is 32.4 Å². The third kappa shape index (κ3) is 5.40. The Morgan fingerprint density at radius 1 is 1.13 bits per heavy atom. The van der Waals surface area contributed by atoms with Crippen molar-refractivity contribution >= 4 is 16.9 Å². The standard InChI is InChI=1S/C30H33F3O5/c1-5-7-8-9-19-10-13-22(24(16-19)35-4)25-17-20-11-12-21(18-23(20)37-25)36-26-14-15-27(38-28(34)6-2)29(26,3)30(31,32)33/h6,10-13,16-18,26-27H,2,5,7-9,14-15H2,1,3-4H3. The van der Waals surface area contributed by atoms with E-state index in [1.165, 1.54) is 12.0 Å². The number of fused-ring (bicyclic) bond motifs is 1. The third-order valence-electron chi connectivity index (χ3n) is 7.43. The van der Waals surface area contributed by atoms with Gasteiger partial charge in [0.15, 0.2) is 0 Å². The number of esters is 1. The Kier molecular flexibility index (Phi) is 8.09. The van der Waals surface area contributed by atoms with Crippen LogP contribution in [0.4, 0.5) is 13.2 Å². The SMILES string of the molecule is C=CC(=O)OC1CCC(Oc2ccc3cc(-c4ccc(CCCCC)cc4OC)oc3c2)C1(C)C(F)(F)F. The average Bonchev–Trinajstić information content (AvgIpc) is 3.45. The second-order valence-corrected chi connectivity index (χ2v) is 9.90. The molecule has 0 bridgehead atoms. The number of rotatable bonds is 10. The molecule has 5 nitrogen and oxygen atoms in total. The number of furan rings is 1. The van der Waals surface area contributed by atoms with Crippen LogP contribution in [0.2, 0.25) is 0 Å². The number of alkyl halides is 3. The summed E-state index contributed by atoms with van der Waals surface area (Å²) in [6.45, 7) is 6.48. The summed E-state index contributed by atoms with van der Waals surface area (Å²) < 4.78 is 65.3. The molecule has 0 spiro atoms. The fourth-order valence-electron chi connectivity index (χ4n) is 5.08. The fourth-order valence-corrected chi connectivity index (χ4v) is 5.08. The lowest BCUT2D eigenvalue weighted by Gasteiger charge is -2.37. The number of ether oxygens (including phenoxy) is 3. The number of benzene rings is 2. The highest BCUT2D eigenvalue weighted by atomic mass is 19.4. The topological polar surface area (TPSA) is 57.9 Å². The quantitative estimate of drug-likeness (QED) is 0.151. The molecular formula is C30H33F3O5. The highest BCUT2D eigenvalue weighted by Crippen LogP contribution is 2.53. The maximum atomic E-state index is 14.2. The Morgan fingerprint density at radius 3 is 2.58 bits per heavy atom. The zero-order valence-electron chi connectivity index (χ0n) is 21.9. The lowest BCUT2D eigenvalue weighted by molar-refractivity contribution is -0.262. The number of methoxy groups -OCH3 is 1. The number of hydrogen-bond acceptors (Lipinski definition) is 5. The minimum Gasteiger partial charge on any atom is -0.496 e. The van der Waals surface area contributed by atoms with Crippen LogP contribution in [0.15, 0.2) is 59.5 Å². The van der Waals surface area contributed by atoms with Gasteiger partial charge < -0.3 is 18.6 Å². The number of unbranched alkanes of at least 4 members (excludes halogenated alkanes) is 2. The van der Waals surface area contributed by atoms with Gasteiger partial charge in [0.2, 0.25) is 0 Å². The van der Waals surface area contributed by atoms with Gasteiger partial charge in [-0.25, -0.2) is 4.79 Å². The molecule has 1 saturated carbocycles. The molecule has 8 heteroatoms. The normalized spacial score (nSPS) is 21.4. The summed E-state index contributed by atoms with van der Waals surface area (Å²) in [5, 5.41) is 0.782. The van der Waals surface area contributed by atoms with Gasteiger partial charge in [0.25, 0.3) is 0 Å². The maximum absolute atomic E-state index is 14.2. The Morgan fingerprint density at radius 2 is 1.89 bits per heavy atom. The van der Waals surface area contributed by atoms with Crippen molar-refractivity contribution < 1.29 is 36.6 Å². The van der Waals surface area contributed by atoms with Crippen LogP contribution < -0.4 is 9.47 Å². The van der Waals surface area contributed by atoms with E-state index in [1.807, 2.05) is 18.2 Å². The van der Waals surface area contributed by atoms with E-state index in [2.05, 4.69) is 19.6 Å². The van der Waals surface area contributed by atoms with Crippen LogP contribution in [0.1, 0.15) is 51.5 Å². The monoisotopic (exact) mass is 530 g/mol. The van der Waals surface area contributed by atoms with Crippen LogP contribution in [0, 0.1) is 5.41 Å². The van der Waals surface area contributed by atoms with E-state index in [4.69, 9.17) is 18.6 Å². The van der Waals surface area contributed by atoms with Gasteiger partial charge in [-0.05, 0) is 68.5 Å². The van der Waals surface area contributed by atoms with E-state index in [9.17, 15) is 18.0 Å². The molecule has 4 rings (SSSR count). The molecule has 204 valence electrons. The molecule has 1 aromatic heterocycles. The number of aryl methyl sites for hydroxylation is 1. The van der Waals surface area contributed by atoms with Crippen LogP contribution in [-0.4, -0.2) is 31.5 Å². The lowest BCUT2D eigenvalue weighted by Crippen LogP contribution is -2.51. The second kappa shape index (κ2) is 11.1. The van der Waals surface area contributed by atoms with E-state index in [1.54, 1.807) is 25.3 Å². The number of hydrogen-bond donors (Lipinski definition) is 0. The molecule has 3 aromatic rings. The van der Waals surface area contributed by atoms with Gasteiger partial charge in [-0.2, -0.15) is 13.2 Å². The summed E-state index contributed by atoms with van der Waals surface area (Å²) in [7, 11) is 1.61. The molecule has 0 amide bonds. The zero-order valence-corrected chi connectivity index (χ0v) is 21.9. The summed E-state index contributed by atoms with van der Waals surface area (Å²) in [5.74, 6) is 0.640. The molecule has 38 heavy (non-hydrogen) atoms. The molecule has 1 fully saturated rings. The van der Waals surface area contributed by atoms with Crippen LogP contribution in [0.3, 0.4) is 0 Å². The van der Waals surface area contributed by atoms with Crippen molar-refractivity contribution in [3.63, 3.8) is 0 Å².